The number of nitrogens with one attached hydrogen (secondary N) is 3. The molecule has 9 heteroatoms. The molecular formula is C17H20N6O2S. The van der Waals surface area contributed by atoms with Crippen molar-refractivity contribution in [1.82, 2.24) is 20.2 Å². The predicted molar refractivity (Wildman–Crippen MR) is 102 cm³/mol. The van der Waals surface area contributed by atoms with Gasteiger partial charge in [-0.2, -0.15) is 5.10 Å². The standard InChI is InChI=1S/C17H20N6O2S/c1-4-16(24)18-12-6-13(26-9-12)17-19-11(8-25-3)7-14(21-17)20-15-5-10(2)22-23-15/h5-7,9H,4,8H2,1-3H3,(H,18,24)(H2,19,20,21,22,23). The zero-order valence-electron chi connectivity index (χ0n) is 14.8. The maximum absolute atomic E-state index is 11.6. The summed E-state index contributed by atoms with van der Waals surface area (Å²) in [5, 5.41) is 14.9. The van der Waals surface area contributed by atoms with Crippen molar-refractivity contribution in [2.24, 2.45) is 0 Å². The Morgan fingerprint density at radius 3 is 2.81 bits per heavy atom. The van der Waals surface area contributed by atoms with E-state index >= 15 is 0 Å². The molecule has 0 fully saturated rings. The number of rotatable bonds is 7. The van der Waals surface area contributed by atoms with E-state index in [0.29, 0.717) is 30.5 Å². The van der Waals surface area contributed by atoms with Gasteiger partial charge in [0, 0.05) is 36.7 Å². The van der Waals surface area contributed by atoms with Gasteiger partial charge in [0.15, 0.2) is 11.6 Å². The Balaban J connectivity index is 1.89. The van der Waals surface area contributed by atoms with E-state index in [-0.39, 0.29) is 5.91 Å². The second-order valence-electron chi connectivity index (χ2n) is 5.66. The van der Waals surface area contributed by atoms with Crippen LogP contribution in [0.4, 0.5) is 17.3 Å². The summed E-state index contributed by atoms with van der Waals surface area (Å²) in [6, 6.07) is 5.58. The summed E-state index contributed by atoms with van der Waals surface area (Å²) in [7, 11) is 1.62. The molecule has 8 nitrogen and oxygen atoms in total. The number of carbonyl (C=O) groups is 1. The molecule has 0 unspecified atom stereocenters. The normalized spacial score (nSPS) is 10.7. The lowest BCUT2D eigenvalue weighted by atomic mass is 10.3. The number of aromatic amines is 1. The molecule has 3 heterocycles. The molecule has 0 bridgehead atoms. The van der Waals surface area contributed by atoms with Crippen molar-refractivity contribution >= 4 is 34.6 Å². The molecule has 1 amide bonds. The minimum atomic E-state index is -0.0281. The molecule has 3 aromatic rings. The first-order valence-corrected chi connectivity index (χ1v) is 9.00. The molecule has 0 spiro atoms. The minimum Gasteiger partial charge on any atom is -0.378 e. The zero-order valence-corrected chi connectivity index (χ0v) is 15.6. The molecule has 0 aliphatic heterocycles. The van der Waals surface area contributed by atoms with Crippen LogP contribution in [0.3, 0.4) is 0 Å². The van der Waals surface area contributed by atoms with Gasteiger partial charge in [-0.3, -0.25) is 9.89 Å². The molecule has 3 aromatic heterocycles. The summed E-state index contributed by atoms with van der Waals surface area (Å²) in [6.07, 6.45) is 0.433. The monoisotopic (exact) mass is 372 g/mol. The number of aryl methyl sites for hydroxylation is 1. The number of hydrogen-bond acceptors (Lipinski definition) is 7. The van der Waals surface area contributed by atoms with E-state index in [1.54, 1.807) is 7.11 Å². The average Bonchev–Trinajstić information content (AvgIpc) is 3.24. The lowest BCUT2D eigenvalue weighted by molar-refractivity contribution is -0.115. The van der Waals surface area contributed by atoms with Gasteiger partial charge in [0.1, 0.15) is 5.82 Å². The number of methoxy groups -OCH3 is 1. The summed E-state index contributed by atoms with van der Waals surface area (Å²) in [6.45, 7) is 4.11. The van der Waals surface area contributed by atoms with Crippen LogP contribution in [-0.2, 0) is 16.1 Å². The van der Waals surface area contributed by atoms with Crippen molar-refractivity contribution < 1.29 is 9.53 Å². The van der Waals surface area contributed by atoms with Crippen LogP contribution in [-0.4, -0.2) is 33.2 Å². The number of amides is 1. The Labute approximate surface area is 155 Å². The van der Waals surface area contributed by atoms with E-state index in [1.807, 2.05) is 37.4 Å². The van der Waals surface area contributed by atoms with Crippen LogP contribution >= 0.6 is 11.3 Å². The first-order chi connectivity index (χ1) is 12.6. The van der Waals surface area contributed by atoms with Crippen molar-refractivity contribution in [1.29, 1.82) is 0 Å². The van der Waals surface area contributed by atoms with E-state index in [1.165, 1.54) is 11.3 Å². The SMILES string of the molecule is CCC(=O)Nc1csc(-c2nc(COC)cc(Nc3cc(C)[nH]n3)n2)c1. The summed E-state index contributed by atoms with van der Waals surface area (Å²) in [5.74, 6) is 1.84. The molecule has 3 rings (SSSR count). The van der Waals surface area contributed by atoms with Gasteiger partial charge in [-0.05, 0) is 13.0 Å². The van der Waals surface area contributed by atoms with Gasteiger partial charge in [-0.25, -0.2) is 9.97 Å². The molecule has 0 atom stereocenters. The van der Waals surface area contributed by atoms with Crippen LogP contribution in [0.25, 0.3) is 10.7 Å². The highest BCUT2D eigenvalue weighted by Gasteiger charge is 2.11. The predicted octanol–water partition coefficient (Wildman–Crippen LogP) is 3.48. The third kappa shape index (κ3) is 4.44. The van der Waals surface area contributed by atoms with Crippen LogP contribution in [0.15, 0.2) is 23.6 Å². The molecule has 0 aliphatic carbocycles. The van der Waals surface area contributed by atoms with Crippen LogP contribution in [0.2, 0.25) is 0 Å². The van der Waals surface area contributed by atoms with Gasteiger partial charge in [-0.1, -0.05) is 6.92 Å². The van der Waals surface area contributed by atoms with E-state index in [2.05, 4.69) is 30.8 Å². The molecular weight excluding hydrogens is 352 g/mol. The molecule has 26 heavy (non-hydrogen) atoms. The summed E-state index contributed by atoms with van der Waals surface area (Å²) >= 11 is 1.47. The first kappa shape index (κ1) is 18.0. The number of aromatic nitrogens is 4. The van der Waals surface area contributed by atoms with Crippen LogP contribution in [0, 0.1) is 6.92 Å². The largest absolute Gasteiger partial charge is 0.378 e. The lowest BCUT2D eigenvalue weighted by Crippen LogP contribution is -2.08. The fourth-order valence-electron chi connectivity index (χ4n) is 2.28. The highest BCUT2D eigenvalue weighted by atomic mass is 32.1. The number of H-pyrrole nitrogens is 1. The highest BCUT2D eigenvalue weighted by molar-refractivity contribution is 7.14. The quantitative estimate of drug-likeness (QED) is 0.586. The lowest BCUT2D eigenvalue weighted by Gasteiger charge is -2.07. The van der Waals surface area contributed by atoms with Crippen LogP contribution < -0.4 is 10.6 Å². The fourth-order valence-corrected chi connectivity index (χ4v) is 3.05. The average molecular weight is 372 g/mol. The Bertz CT molecular complexity index is 904. The van der Waals surface area contributed by atoms with Crippen molar-refractivity contribution in [2.75, 3.05) is 17.7 Å². The van der Waals surface area contributed by atoms with Crippen molar-refractivity contribution in [3.05, 3.63) is 35.0 Å². The van der Waals surface area contributed by atoms with Gasteiger partial charge >= 0.3 is 0 Å². The minimum absolute atomic E-state index is 0.0281. The fraction of sp³-hybridized carbons (Fsp3) is 0.294. The number of carbonyl (C=O) groups excluding carboxylic acids is 1. The Hall–Kier alpha value is -2.78. The number of hydrogen-bond donors (Lipinski definition) is 3. The Kier molecular flexibility index (Phi) is 5.59. The van der Waals surface area contributed by atoms with Gasteiger partial charge in [0.2, 0.25) is 5.91 Å². The molecule has 0 aromatic carbocycles. The molecule has 0 aliphatic rings. The molecule has 0 saturated carbocycles. The van der Waals surface area contributed by atoms with Crippen LogP contribution in [0.1, 0.15) is 24.7 Å². The molecule has 0 radical (unpaired) electrons. The molecule has 0 saturated heterocycles. The summed E-state index contributed by atoms with van der Waals surface area (Å²) < 4.78 is 5.21. The van der Waals surface area contributed by atoms with Crippen LogP contribution in [0.5, 0.6) is 0 Å². The Morgan fingerprint density at radius 1 is 1.27 bits per heavy atom. The van der Waals surface area contributed by atoms with E-state index < -0.39 is 0 Å². The maximum atomic E-state index is 11.6. The number of anilines is 3. The third-order valence-corrected chi connectivity index (χ3v) is 4.38. The second kappa shape index (κ2) is 8.07. The second-order valence-corrected chi connectivity index (χ2v) is 6.57. The third-order valence-electron chi connectivity index (χ3n) is 3.46. The van der Waals surface area contributed by atoms with E-state index in [9.17, 15) is 4.79 Å². The summed E-state index contributed by atoms with van der Waals surface area (Å²) in [5.41, 5.74) is 2.45. The van der Waals surface area contributed by atoms with Crippen molar-refractivity contribution in [2.45, 2.75) is 26.9 Å². The first-order valence-electron chi connectivity index (χ1n) is 8.12. The van der Waals surface area contributed by atoms with Gasteiger partial charge in [0.05, 0.1) is 22.9 Å². The van der Waals surface area contributed by atoms with E-state index in [0.717, 1.165) is 22.0 Å². The number of nitrogens with zero attached hydrogens (tertiary/aromatic N) is 3. The highest BCUT2D eigenvalue weighted by Crippen LogP contribution is 2.29. The van der Waals surface area contributed by atoms with E-state index in [4.69, 9.17) is 4.74 Å². The topological polar surface area (TPSA) is 105 Å². The van der Waals surface area contributed by atoms with Crippen molar-refractivity contribution in [3.63, 3.8) is 0 Å². The van der Waals surface area contributed by atoms with Crippen molar-refractivity contribution in [3.8, 4) is 10.7 Å². The number of thiophene rings is 1. The molecule has 3 N–H and O–H groups in total. The van der Waals surface area contributed by atoms with Gasteiger partial charge < -0.3 is 15.4 Å². The zero-order chi connectivity index (χ0) is 18.5. The van der Waals surface area contributed by atoms with Gasteiger partial charge in [-0.15, -0.1) is 11.3 Å². The smallest absolute Gasteiger partial charge is 0.224 e. The number of ether oxygens (including phenoxy) is 1. The summed E-state index contributed by atoms with van der Waals surface area (Å²) in [4.78, 5) is 21.5. The van der Waals surface area contributed by atoms with Gasteiger partial charge in [0.25, 0.3) is 0 Å². The molecule has 136 valence electrons. The maximum Gasteiger partial charge on any atom is 0.224 e. The Morgan fingerprint density at radius 2 is 2.12 bits per heavy atom.